The number of hydrogen-bond acceptors (Lipinski definition) is 3. The Morgan fingerprint density at radius 1 is 1.40 bits per heavy atom. The number of nitrogens with two attached hydrogens (primary N) is 1. The van der Waals surface area contributed by atoms with Crippen molar-refractivity contribution in [1.82, 2.24) is 0 Å². The summed E-state index contributed by atoms with van der Waals surface area (Å²) in [5.74, 6) is -1.51. The molecular formula is C14H22FNO3Si. The van der Waals surface area contributed by atoms with Crippen molar-refractivity contribution in [2.75, 3.05) is 0 Å². The summed E-state index contributed by atoms with van der Waals surface area (Å²) >= 11 is 0. The normalized spacial score (nSPS) is 13.9. The maximum Gasteiger partial charge on any atom is 0.325 e. The molecule has 0 saturated heterocycles. The van der Waals surface area contributed by atoms with E-state index in [0.29, 0.717) is 5.75 Å². The number of halogens is 1. The number of carboxylic acid groups (broad SMARTS) is 1. The third-order valence-electron chi connectivity index (χ3n) is 3.75. The molecule has 0 aliphatic rings. The Balaban J connectivity index is 3.02. The lowest BCUT2D eigenvalue weighted by Crippen LogP contribution is -2.43. The van der Waals surface area contributed by atoms with E-state index in [1.165, 1.54) is 12.1 Å². The van der Waals surface area contributed by atoms with E-state index in [9.17, 15) is 9.18 Å². The molecule has 0 heterocycles. The van der Waals surface area contributed by atoms with Gasteiger partial charge in [0.1, 0.15) is 17.6 Å². The van der Waals surface area contributed by atoms with Crippen molar-refractivity contribution < 1.29 is 18.7 Å². The summed E-state index contributed by atoms with van der Waals surface area (Å²) in [6, 6.07) is 2.79. The summed E-state index contributed by atoms with van der Waals surface area (Å²) in [4.78, 5) is 10.8. The molecule has 0 bridgehead atoms. The highest BCUT2D eigenvalue weighted by Gasteiger charge is 2.39. The minimum atomic E-state index is -2.05. The van der Waals surface area contributed by atoms with Gasteiger partial charge in [0.2, 0.25) is 8.32 Å². The van der Waals surface area contributed by atoms with Gasteiger partial charge >= 0.3 is 5.97 Å². The first-order valence-electron chi connectivity index (χ1n) is 6.42. The number of aliphatic carboxylic acids is 1. The lowest BCUT2D eigenvalue weighted by atomic mass is 10.1. The highest BCUT2D eigenvalue weighted by atomic mass is 28.4. The molecule has 6 heteroatoms. The van der Waals surface area contributed by atoms with E-state index in [1.54, 1.807) is 6.07 Å². The fourth-order valence-corrected chi connectivity index (χ4v) is 2.43. The highest BCUT2D eigenvalue weighted by molar-refractivity contribution is 6.74. The van der Waals surface area contributed by atoms with Crippen LogP contribution in [0.2, 0.25) is 18.1 Å². The van der Waals surface area contributed by atoms with Crippen LogP contribution in [0.1, 0.15) is 32.4 Å². The Morgan fingerprint density at radius 3 is 2.35 bits per heavy atom. The van der Waals surface area contributed by atoms with Crippen LogP contribution in [-0.2, 0) is 4.79 Å². The monoisotopic (exact) mass is 299 g/mol. The Hall–Kier alpha value is -1.40. The summed E-state index contributed by atoms with van der Waals surface area (Å²) in [7, 11) is -2.05. The maximum absolute atomic E-state index is 13.9. The quantitative estimate of drug-likeness (QED) is 0.837. The van der Waals surface area contributed by atoms with Crippen LogP contribution in [-0.4, -0.2) is 19.4 Å². The average molecular weight is 299 g/mol. The fraction of sp³-hybridized carbons (Fsp3) is 0.500. The number of carbonyl (C=O) groups is 1. The third-order valence-corrected chi connectivity index (χ3v) is 8.11. The smallest absolute Gasteiger partial charge is 0.325 e. The van der Waals surface area contributed by atoms with E-state index in [4.69, 9.17) is 15.3 Å². The van der Waals surface area contributed by atoms with Crippen molar-refractivity contribution in [3.63, 3.8) is 0 Å². The third kappa shape index (κ3) is 3.58. The zero-order valence-electron chi connectivity index (χ0n) is 12.5. The Morgan fingerprint density at radius 2 is 1.95 bits per heavy atom. The van der Waals surface area contributed by atoms with Crippen LogP contribution in [0.25, 0.3) is 0 Å². The van der Waals surface area contributed by atoms with Gasteiger partial charge in [-0.05, 0) is 24.2 Å². The molecule has 1 aromatic carbocycles. The molecule has 0 aromatic heterocycles. The second kappa shape index (κ2) is 5.53. The number of hydrogen-bond donors (Lipinski definition) is 2. The van der Waals surface area contributed by atoms with Gasteiger partial charge in [-0.3, -0.25) is 4.79 Å². The van der Waals surface area contributed by atoms with Gasteiger partial charge in [0.15, 0.2) is 0 Å². The van der Waals surface area contributed by atoms with Crippen molar-refractivity contribution in [3.05, 3.63) is 29.6 Å². The molecule has 1 aromatic rings. The van der Waals surface area contributed by atoms with Gasteiger partial charge in [-0.15, -0.1) is 0 Å². The average Bonchev–Trinajstić information content (AvgIpc) is 2.26. The minimum Gasteiger partial charge on any atom is -0.543 e. The molecule has 4 nitrogen and oxygen atoms in total. The van der Waals surface area contributed by atoms with E-state index in [2.05, 4.69) is 33.9 Å². The Kier molecular flexibility index (Phi) is 4.61. The Bertz CT molecular complexity index is 512. The van der Waals surface area contributed by atoms with Crippen LogP contribution in [0, 0.1) is 5.82 Å². The van der Waals surface area contributed by atoms with Crippen LogP contribution in [0.4, 0.5) is 4.39 Å². The second-order valence-corrected chi connectivity index (χ2v) is 11.1. The van der Waals surface area contributed by atoms with Crippen LogP contribution in [0.15, 0.2) is 18.2 Å². The van der Waals surface area contributed by atoms with Crippen molar-refractivity contribution in [2.45, 2.75) is 44.9 Å². The highest BCUT2D eigenvalue weighted by Crippen LogP contribution is 2.37. The van der Waals surface area contributed by atoms with Crippen molar-refractivity contribution in [3.8, 4) is 5.75 Å². The molecular weight excluding hydrogens is 277 g/mol. The fourth-order valence-electron chi connectivity index (χ4n) is 1.40. The van der Waals surface area contributed by atoms with E-state index in [1.807, 2.05) is 0 Å². The molecule has 1 unspecified atom stereocenters. The number of rotatable bonds is 4. The predicted molar refractivity (Wildman–Crippen MR) is 78.8 cm³/mol. The molecule has 0 fully saturated rings. The minimum absolute atomic E-state index is 0.000382. The van der Waals surface area contributed by atoms with Crippen molar-refractivity contribution >= 4 is 14.3 Å². The molecule has 20 heavy (non-hydrogen) atoms. The molecule has 0 aliphatic carbocycles. The summed E-state index contributed by atoms with van der Waals surface area (Å²) < 4.78 is 19.9. The van der Waals surface area contributed by atoms with E-state index < -0.39 is 26.1 Å². The van der Waals surface area contributed by atoms with E-state index in [0.717, 1.165) is 0 Å². The molecule has 0 saturated carbocycles. The summed E-state index contributed by atoms with van der Waals surface area (Å²) in [5, 5.41) is 8.81. The summed E-state index contributed by atoms with van der Waals surface area (Å²) in [6.45, 7) is 10.4. The molecule has 112 valence electrons. The zero-order valence-corrected chi connectivity index (χ0v) is 13.5. The first-order chi connectivity index (χ1) is 8.95. The van der Waals surface area contributed by atoms with Crippen LogP contribution in [0.3, 0.4) is 0 Å². The van der Waals surface area contributed by atoms with Gasteiger partial charge in [0, 0.05) is 11.6 Å². The van der Waals surface area contributed by atoms with Crippen LogP contribution < -0.4 is 10.2 Å². The van der Waals surface area contributed by atoms with Gasteiger partial charge in [0.25, 0.3) is 0 Å². The van der Waals surface area contributed by atoms with Crippen LogP contribution in [0.5, 0.6) is 5.75 Å². The van der Waals surface area contributed by atoms with Gasteiger partial charge < -0.3 is 15.3 Å². The molecule has 3 N–H and O–H groups in total. The van der Waals surface area contributed by atoms with Crippen molar-refractivity contribution in [2.24, 2.45) is 5.73 Å². The SMILES string of the molecule is CC(C)(C)[Si](C)(C)Oc1ccc(C(N)C(=O)O)c(F)c1. The second-order valence-electron chi connectivity index (χ2n) is 6.36. The van der Waals surface area contributed by atoms with Crippen molar-refractivity contribution in [1.29, 1.82) is 0 Å². The van der Waals surface area contributed by atoms with Crippen LogP contribution >= 0.6 is 0 Å². The summed E-state index contributed by atoms with van der Waals surface area (Å²) in [5.41, 5.74) is 5.37. The molecule has 1 rings (SSSR count). The molecule has 1 atom stereocenters. The largest absolute Gasteiger partial charge is 0.543 e. The Labute approximate surface area is 119 Å². The van der Waals surface area contributed by atoms with Gasteiger partial charge in [-0.2, -0.15) is 0 Å². The molecule has 0 spiro atoms. The first-order valence-corrected chi connectivity index (χ1v) is 9.33. The summed E-state index contributed by atoms with van der Waals surface area (Å²) in [6.07, 6.45) is 0. The zero-order chi connectivity index (χ0) is 15.7. The molecule has 0 radical (unpaired) electrons. The lowest BCUT2D eigenvalue weighted by molar-refractivity contribution is -0.138. The van der Waals surface area contributed by atoms with Gasteiger partial charge in [0.05, 0.1) is 0 Å². The van der Waals surface area contributed by atoms with E-state index in [-0.39, 0.29) is 10.6 Å². The van der Waals surface area contributed by atoms with Gasteiger partial charge in [-0.1, -0.05) is 26.8 Å². The first kappa shape index (κ1) is 16.7. The van der Waals surface area contributed by atoms with E-state index >= 15 is 0 Å². The maximum atomic E-state index is 13.9. The predicted octanol–water partition coefficient (Wildman–Crippen LogP) is 3.29. The molecule has 0 amide bonds. The topological polar surface area (TPSA) is 72.5 Å². The lowest BCUT2D eigenvalue weighted by Gasteiger charge is -2.36. The number of benzene rings is 1. The standard InChI is InChI=1S/C14H22FNO3Si/c1-14(2,3)20(4,5)19-9-6-7-10(11(15)8-9)12(16)13(17)18/h6-8,12H,16H2,1-5H3,(H,17,18). The molecule has 0 aliphatic heterocycles. The number of carboxylic acids is 1. The van der Waals surface area contributed by atoms with Gasteiger partial charge in [-0.25, -0.2) is 4.39 Å².